The summed E-state index contributed by atoms with van der Waals surface area (Å²) < 4.78 is 5.60. The minimum absolute atomic E-state index is 0.0402. The molecule has 2 atom stereocenters. The van der Waals surface area contributed by atoms with Gasteiger partial charge in [-0.2, -0.15) is 0 Å². The number of hydrogen-bond acceptors (Lipinski definition) is 3. The molecular weight excluding hydrogens is 329 g/mol. The number of carbonyl (C=O) groups excluding carboxylic acids is 1. The van der Waals surface area contributed by atoms with Gasteiger partial charge in [0.05, 0.1) is 6.42 Å². The number of amides is 1. The first-order chi connectivity index (χ1) is 10.4. The average molecular weight is 346 g/mol. The number of benzene rings is 1. The lowest BCUT2D eigenvalue weighted by Crippen LogP contribution is -2.43. The molecule has 1 amide bonds. The molecule has 0 aromatic heterocycles. The first-order valence-corrected chi connectivity index (χ1v) is 7.77. The van der Waals surface area contributed by atoms with Gasteiger partial charge in [0.15, 0.2) is 6.10 Å². The second-order valence-corrected chi connectivity index (χ2v) is 6.16. The smallest absolute Gasteiger partial charge is 0.305 e. The van der Waals surface area contributed by atoms with Crippen LogP contribution in [0.4, 0.5) is 0 Å². The van der Waals surface area contributed by atoms with E-state index in [0.717, 1.165) is 6.42 Å². The molecule has 0 spiro atoms. The van der Waals surface area contributed by atoms with E-state index in [0.29, 0.717) is 28.8 Å². The summed E-state index contributed by atoms with van der Waals surface area (Å²) in [4.78, 5) is 24.9. The van der Waals surface area contributed by atoms with Crippen LogP contribution in [0.15, 0.2) is 18.2 Å². The van der Waals surface area contributed by atoms with Crippen molar-refractivity contribution >= 4 is 35.1 Å². The Labute approximate surface area is 138 Å². The summed E-state index contributed by atoms with van der Waals surface area (Å²) in [6.45, 7) is 2.19. The van der Waals surface area contributed by atoms with Crippen LogP contribution in [0.2, 0.25) is 10.0 Å². The monoisotopic (exact) mass is 345 g/mol. The van der Waals surface area contributed by atoms with Crippen LogP contribution in [-0.4, -0.2) is 40.6 Å². The molecule has 2 unspecified atom stereocenters. The highest BCUT2D eigenvalue weighted by Gasteiger charge is 2.33. The van der Waals surface area contributed by atoms with Gasteiger partial charge in [0.2, 0.25) is 0 Å². The zero-order valence-electron chi connectivity index (χ0n) is 12.1. The number of nitrogens with zero attached hydrogens (tertiary/aromatic N) is 1. The maximum absolute atomic E-state index is 12.5. The summed E-state index contributed by atoms with van der Waals surface area (Å²) in [5, 5.41) is 9.76. The van der Waals surface area contributed by atoms with Crippen LogP contribution in [0, 0.1) is 0 Å². The lowest BCUT2D eigenvalue weighted by Gasteiger charge is -2.26. The Bertz CT molecular complexity index is 558. The Morgan fingerprint density at radius 3 is 2.59 bits per heavy atom. The third-order valence-corrected chi connectivity index (χ3v) is 4.00. The van der Waals surface area contributed by atoms with Crippen LogP contribution in [0.1, 0.15) is 26.2 Å². The summed E-state index contributed by atoms with van der Waals surface area (Å²) in [6, 6.07) is 4.47. The molecule has 1 aliphatic heterocycles. The van der Waals surface area contributed by atoms with Crippen LogP contribution in [0.25, 0.3) is 0 Å². The number of likely N-dealkylation sites (tertiary alicyclic amines) is 1. The molecule has 0 aliphatic carbocycles. The van der Waals surface area contributed by atoms with Crippen molar-refractivity contribution in [2.75, 3.05) is 6.54 Å². The van der Waals surface area contributed by atoms with Crippen molar-refractivity contribution in [3.63, 3.8) is 0 Å². The lowest BCUT2D eigenvalue weighted by molar-refractivity contribution is -0.142. The predicted octanol–water partition coefficient (Wildman–Crippen LogP) is 3.23. The molecule has 1 N–H and O–H groups in total. The molecule has 1 heterocycles. The van der Waals surface area contributed by atoms with E-state index < -0.39 is 12.1 Å². The molecule has 1 fully saturated rings. The molecular formula is C15H17Cl2NO4. The van der Waals surface area contributed by atoms with Gasteiger partial charge in [0.25, 0.3) is 5.91 Å². The van der Waals surface area contributed by atoms with Crippen molar-refractivity contribution in [1.29, 1.82) is 0 Å². The van der Waals surface area contributed by atoms with E-state index in [-0.39, 0.29) is 18.4 Å². The van der Waals surface area contributed by atoms with E-state index in [4.69, 9.17) is 33.0 Å². The molecule has 5 nitrogen and oxygen atoms in total. The van der Waals surface area contributed by atoms with Crippen LogP contribution in [0.5, 0.6) is 5.75 Å². The van der Waals surface area contributed by atoms with E-state index in [2.05, 4.69) is 0 Å². The second kappa shape index (κ2) is 7.20. The third kappa shape index (κ3) is 4.27. The van der Waals surface area contributed by atoms with Crippen LogP contribution < -0.4 is 4.74 Å². The Morgan fingerprint density at radius 2 is 2.00 bits per heavy atom. The largest absolute Gasteiger partial charge is 0.481 e. The maximum Gasteiger partial charge on any atom is 0.305 e. The summed E-state index contributed by atoms with van der Waals surface area (Å²) in [6.07, 6.45) is 0.734. The predicted molar refractivity (Wildman–Crippen MR) is 83.5 cm³/mol. The van der Waals surface area contributed by atoms with Crippen LogP contribution in [-0.2, 0) is 9.59 Å². The molecule has 0 saturated carbocycles. The number of carbonyl (C=O) groups is 2. The highest BCUT2D eigenvalue weighted by Crippen LogP contribution is 2.26. The minimum atomic E-state index is -0.903. The number of carboxylic acids is 1. The number of halogens is 2. The van der Waals surface area contributed by atoms with E-state index in [1.807, 2.05) is 0 Å². The van der Waals surface area contributed by atoms with E-state index in [1.54, 1.807) is 30.0 Å². The van der Waals surface area contributed by atoms with Gasteiger partial charge in [-0.25, -0.2) is 0 Å². The standard InChI is InChI=1S/C15H17Cl2NO4/c1-9(22-13-6-10(16)5-11(17)7-13)15(21)18-4-2-3-12(18)8-14(19)20/h5-7,9,12H,2-4,8H2,1H3,(H,19,20). The Balaban J connectivity index is 2.03. The fourth-order valence-corrected chi connectivity index (χ4v) is 3.13. The number of carboxylic acid groups (broad SMARTS) is 1. The lowest BCUT2D eigenvalue weighted by atomic mass is 10.1. The molecule has 1 aliphatic rings. The fraction of sp³-hybridized carbons (Fsp3) is 0.467. The second-order valence-electron chi connectivity index (χ2n) is 5.29. The fourth-order valence-electron chi connectivity index (χ4n) is 2.62. The van der Waals surface area contributed by atoms with Gasteiger partial charge in [-0.1, -0.05) is 23.2 Å². The number of rotatable bonds is 5. The average Bonchev–Trinajstić information content (AvgIpc) is 2.83. The normalized spacial score (nSPS) is 19.0. The maximum atomic E-state index is 12.5. The van der Waals surface area contributed by atoms with E-state index >= 15 is 0 Å². The summed E-state index contributed by atoms with van der Waals surface area (Å²) >= 11 is 11.8. The van der Waals surface area contributed by atoms with Gasteiger partial charge < -0.3 is 14.7 Å². The molecule has 22 heavy (non-hydrogen) atoms. The quantitative estimate of drug-likeness (QED) is 0.889. The highest BCUT2D eigenvalue weighted by atomic mass is 35.5. The van der Waals surface area contributed by atoms with Crippen molar-refractivity contribution in [3.8, 4) is 5.75 Å². The van der Waals surface area contributed by atoms with Gasteiger partial charge in [-0.3, -0.25) is 9.59 Å². The molecule has 0 bridgehead atoms. The highest BCUT2D eigenvalue weighted by molar-refractivity contribution is 6.34. The van der Waals surface area contributed by atoms with E-state index in [9.17, 15) is 9.59 Å². The molecule has 0 radical (unpaired) electrons. The first kappa shape index (κ1) is 16.9. The van der Waals surface area contributed by atoms with Gasteiger partial charge in [0.1, 0.15) is 5.75 Å². The van der Waals surface area contributed by atoms with Crippen molar-refractivity contribution in [3.05, 3.63) is 28.2 Å². The van der Waals surface area contributed by atoms with Gasteiger partial charge in [0, 0.05) is 22.6 Å². The molecule has 1 aromatic rings. The minimum Gasteiger partial charge on any atom is -0.481 e. The van der Waals surface area contributed by atoms with Crippen molar-refractivity contribution in [1.82, 2.24) is 4.90 Å². The molecule has 1 aromatic carbocycles. The van der Waals surface area contributed by atoms with Gasteiger partial charge in [-0.15, -0.1) is 0 Å². The Hall–Kier alpha value is -1.46. The van der Waals surface area contributed by atoms with Gasteiger partial charge >= 0.3 is 5.97 Å². The first-order valence-electron chi connectivity index (χ1n) is 7.02. The number of aliphatic carboxylic acids is 1. The summed E-state index contributed by atoms with van der Waals surface area (Å²) in [5.74, 6) is -0.716. The van der Waals surface area contributed by atoms with Crippen molar-refractivity contribution in [2.45, 2.75) is 38.3 Å². The van der Waals surface area contributed by atoms with Crippen LogP contribution >= 0.6 is 23.2 Å². The summed E-state index contributed by atoms with van der Waals surface area (Å²) in [5.41, 5.74) is 0. The zero-order chi connectivity index (χ0) is 16.3. The molecule has 7 heteroatoms. The van der Waals surface area contributed by atoms with Crippen molar-refractivity contribution < 1.29 is 19.4 Å². The Kier molecular flexibility index (Phi) is 5.53. The molecule has 2 rings (SSSR count). The topological polar surface area (TPSA) is 66.8 Å². The molecule has 1 saturated heterocycles. The van der Waals surface area contributed by atoms with E-state index in [1.165, 1.54) is 0 Å². The summed E-state index contributed by atoms with van der Waals surface area (Å²) in [7, 11) is 0. The molecule has 120 valence electrons. The van der Waals surface area contributed by atoms with Crippen LogP contribution in [0.3, 0.4) is 0 Å². The third-order valence-electron chi connectivity index (χ3n) is 3.57. The number of ether oxygens (including phenoxy) is 1. The SMILES string of the molecule is CC(Oc1cc(Cl)cc(Cl)c1)C(=O)N1CCCC1CC(=O)O. The zero-order valence-corrected chi connectivity index (χ0v) is 13.6. The van der Waals surface area contributed by atoms with Crippen molar-refractivity contribution in [2.24, 2.45) is 0 Å². The Morgan fingerprint density at radius 1 is 1.36 bits per heavy atom. The van der Waals surface area contributed by atoms with Gasteiger partial charge in [-0.05, 0) is 38.0 Å². The number of hydrogen-bond donors (Lipinski definition) is 1.